The van der Waals surface area contributed by atoms with E-state index in [2.05, 4.69) is 20.6 Å². The minimum Gasteiger partial charge on any atom is -0.466 e. The van der Waals surface area contributed by atoms with Gasteiger partial charge < -0.3 is 20.3 Å². The van der Waals surface area contributed by atoms with Gasteiger partial charge in [0, 0.05) is 25.2 Å². The molecule has 0 bridgehead atoms. The molecule has 0 spiro atoms. The molecule has 1 aromatic heterocycles. The maximum atomic E-state index is 13.1. The Bertz CT molecular complexity index is 1150. The number of carbonyl (C=O) groups is 3. The number of para-hydroxylation sites is 1. The van der Waals surface area contributed by atoms with Crippen molar-refractivity contribution in [3.63, 3.8) is 0 Å². The SMILES string of the molecule is CCOC(=O)C1CCN(c2nc3c(c(=O)[nH]2)C(C(=O)Nc2ccccc2CC)CC(=O)N3)CC1. The van der Waals surface area contributed by atoms with Crippen molar-refractivity contribution >= 4 is 35.2 Å². The summed E-state index contributed by atoms with van der Waals surface area (Å²) in [5, 5.41) is 5.51. The van der Waals surface area contributed by atoms with Gasteiger partial charge in [0.15, 0.2) is 0 Å². The number of rotatable bonds is 6. The van der Waals surface area contributed by atoms with Crippen LogP contribution in [-0.2, 0) is 25.5 Å². The van der Waals surface area contributed by atoms with Crippen molar-refractivity contribution in [2.75, 3.05) is 35.2 Å². The Labute approximate surface area is 197 Å². The van der Waals surface area contributed by atoms with Crippen LogP contribution in [-0.4, -0.2) is 47.4 Å². The summed E-state index contributed by atoms with van der Waals surface area (Å²) in [4.78, 5) is 59.7. The van der Waals surface area contributed by atoms with Crippen LogP contribution >= 0.6 is 0 Å². The van der Waals surface area contributed by atoms with Crippen molar-refractivity contribution in [3.05, 3.63) is 45.7 Å². The fourth-order valence-corrected chi connectivity index (χ4v) is 4.49. The molecule has 2 aliphatic heterocycles. The Morgan fingerprint density at radius 3 is 2.62 bits per heavy atom. The maximum absolute atomic E-state index is 13.1. The van der Waals surface area contributed by atoms with Crippen LogP contribution < -0.4 is 21.1 Å². The van der Waals surface area contributed by atoms with E-state index in [4.69, 9.17) is 4.74 Å². The largest absolute Gasteiger partial charge is 0.466 e. The average molecular weight is 468 g/mol. The molecule has 4 rings (SSSR count). The van der Waals surface area contributed by atoms with Crippen molar-refractivity contribution < 1.29 is 19.1 Å². The van der Waals surface area contributed by atoms with Crippen LogP contribution in [0, 0.1) is 5.92 Å². The number of amides is 2. The van der Waals surface area contributed by atoms with Crippen molar-refractivity contribution in [2.45, 2.75) is 45.4 Å². The third kappa shape index (κ3) is 4.80. The zero-order valence-corrected chi connectivity index (χ0v) is 19.3. The molecule has 1 fully saturated rings. The number of aromatic nitrogens is 2. The number of aromatic amines is 1. The van der Waals surface area contributed by atoms with E-state index in [9.17, 15) is 19.2 Å². The van der Waals surface area contributed by atoms with Crippen LogP contribution in [0.1, 0.15) is 50.2 Å². The van der Waals surface area contributed by atoms with E-state index >= 15 is 0 Å². The molecule has 1 aromatic carbocycles. The number of ether oxygens (including phenoxy) is 1. The number of piperidine rings is 1. The van der Waals surface area contributed by atoms with Crippen molar-refractivity contribution in [3.8, 4) is 0 Å². The first-order chi connectivity index (χ1) is 16.4. The van der Waals surface area contributed by atoms with Crippen LogP contribution in [0.4, 0.5) is 17.5 Å². The second-order valence-corrected chi connectivity index (χ2v) is 8.47. The van der Waals surface area contributed by atoms with E-state index in [1.807, 2.05) is 30.0 Å². The fraction of sp³-hybridized carbons (Fsp3) is 0.458. The number of esters is 1. The quantitative estimate of drug-likeness (QED) is 0.555. The first-order valence-corrected chi connectivity index (χ1v) is 11.7. The molecule has 10 heteroatoms. The second-order valence-electron chi connectivity index (χ2n) is 8.47. The number of H-pyrrole nitrogens is 1. The highest BCUT2D eigenvalue weighted by Crippen LogP contribution is 2.31. The lowest BCUT2D eigenvalue weighted by Gasteiger charge is -2.32. The van der Waals surface area contributed by atoms with Gasteiger partial charge in [-0.05, 0) is 37.8 Å². The topological polar surface area (TPSA) is 133 Å². The lowest BCUT2D eigenvalue weighted by molar-refractivity contribution is -0.148. The van der Waals surface area contributed by atoms with Crippen LogP contribution in [0.15, 0.2) is 29.1 Å². The van der Waals surface area contributed by atoms with Crippen molar-refractivity contribution in [1.29, 1.82) is 0 Å². The number of nitrogens with one attached hydrogen (secondary N) is 3. The van der Waals surface area contributed by atoms with Crippen LogP contribution in [0.25, 0.3) is 0 Å². The summed E-state index contributed by atoms with van der Waals surface area (Å²) in [6, 6.07) is 7.43. The number of nitrogens with zero attached hydrogens (tertiary/aromatic N) is 2. The molecule has 34 heavy (non-hydrogen) atoms. The summed E-state index contributed by atoms with van der Waals surface area (Å²) in [6.07, 6.45) is 1.75. The zero-order chi connectivity index (χ0) is 24.2. The Kier molecular flexibility index (Phi) is 6.95. The molecule has 3 N–H and O–H groups in total. The molecule has 1 saturated heterocycles. The standard InChI is InChI=1S/C24H29N5O5/c1-3-14-7-5-6-8-17(14)25-21(31)16-13-18(30)26-20-19(16)22(32)28-24(27-20)29-11-9-15(10-12-29)23(33)34-4-2/h5-8,15-16H,3-4,9-13H2,1-2H3,(H,25,31)(H2,26,27,28,30,32). The van der Waals surface area contributed by atoms with Crippen LogP contribution in [0.2, 0.25) is 0 Å². The summed E-state index contributed by atoms with van der Waals surface area (Å²) in [6.45, 7) is 5.13. The maximum Gasteiger partial charge on any atom is 0.309 e. The first kappa shape index (κ1) is 23.5. The molecular weight excluding hydrogens is 438 g/mol. The van der Waals surface area contributed by atoms with Gasteiger partial charge in [0.05, 0.1) is 24.0 Å². The minimum absolute atomic E-state index is 0.103. The number of benzene rings is 1. The highest BCUT2D eigenvalue weighted by molar-refractivity contribution is 6.04. The summed E-state index contributed by atoms with van der Waals surface area (Å²) in [5.74, 6) is -1.73. The van der Waals surface area contributed by atoms with Crippen LogP contribution in [0.3, 0.4) is 0 Å². The van der Waals surface area contributed by atoms with Gasteiger partial charge in [-0.3, -0.25) is 24.2 Å². The molecule has 0 radical (unpaired) electrons. The highest BCUT2D eigenvalue weighted by Gasteiger charge is 2.36. The summed E-state index contributed by atoms with van der Waals surface area (Å²) in [7, 11) is 0. The molecule has 2 aliphatic rings. The van der Waals surface area contributed by atoms with Gasteiger partial charge in [0.2, 0.25) is 17.8 Å². The molecule has 1 unspecified atom stereocenters. The van der Waals surface area contributed by atoms with Gasteiger partial charge in [-0.15, -0.1) is 0 Å². The molecule has 1 atom stereocenters. The number of fused-ring (bicyclic) bond motifs is 1. The van der Waals surface area contributed by atoms with E-state index in [-0.39, 0.29) is 35.6 Å². The summed E-state index contributed by atoms with van der Waals surface area (Å²) < 4.78 is 5.10. The predicted octanol–water partition coefficient (Wildman–Crippen LogP) is 2.18. The predicted molar refractivity (Wildman–Crippen MR) is 127 cm³/mol. The smallest absolute Gasteiger partial charge is 0.309 e. The molecular formula is C24H29N5O5. The first-order valence-electron chi connectivity index (χ1n) is 11.7. The normalized spacial score (nSPS) is 18.1. The van der Waals surface area contributed by atoms with E-state index in [0.29, 0.717) is 44.2 Å². The monoisotopic (exact) mass is 467 g/mol. The summed E-state index contributed by atoms with van der Waals surface area (Å²) in [5.41, 5.74) is 1.31. The number of hydrogen-bond donors (Lipinski definition) is 3. The van der Waals surface area contributed by atoms with Gasteiger partial charge >= 0.3 is 5.97 Å². The third-order valence-corrected chi connectivity index (χ3v) is 6.33. The molecule has 2 aromatic rings. The van der Waals surface area contributed by atoms with E-state index < -0.39 is 17.4 Å². The van der Waals surface area contributed by atoms with Crippen LogP contribution in [0.5, 0.6) is 0 Å². The van der Waals surface area contributed by atoms with Crippen molar-refractivity contribution in [2.24, 2.45) is 5.92 Å². The fourth-order valence-electron chi connectivity index (χ4n) is 4.49. The lowest BCUT2D eigenvalue weighted by atomic mass is 9.92. The van der Waals surface area contributed by atoms with Gasteiger partial charge in [0.1, 0.15) is 5.82 Å². The number of anilines is 3. The molecule has 3 heterocycles. The molecule has 0 saturated carbocycles. The number of carbonyl (C=O) groups excluding carboxylic acids is 3. The van der Waals surface area contributed by atoms with Gasteiger partial charge in [-0.1, -0.05) is 25.1 Å². The second kappa shape index (κ2) is 10.1. The Morgan fingerprint density at radius 1 is 1.18 bits per heavy atom. The van der Waals surface area contributed by atoms with Crippen molar-refractivity contribution in [1.82, 2.24) is 9.97 Å². The lowest BCUT2D eigenvalue weighted by Crippen LogP contribution is -2.41. The van der Waals surface area contributed by atoms with E-state index in [1.54, 1.807) is 13.0 Å². The molecule has 180 valence electrons. The highest BCUT2D eigenvalue weighted by atomic mass is 16.5. The number of aryl methyl sites for hydroxylation is 1. The molecule has 2 amide bonds. The Morgan fingerprint density at radius 2 is 1.91 bits per heavy atom. The van der Waals surface area contributed by atoms with E-state index in [1.165, 1.54) is 0 Å². The minimum atomic E-state index is -0.950. The van der Waals surface area contributed by atoms with Gasteiger partial charge in [-0.25, -0.2) is 0 Å². The molecule has 0 aliphatic carbocycles. The third-order valence-electron chi connectivity index (χ3n) is 6.33. The zero-order valence-electron chi connectivity index (χ0n) is 19.3. The average Bonchev–Trinajstić information content (AvgIpc) is 2.83. The number of hydrogen-bond acceptors (Lipinski definition) is 7. The Balaban J connectivity index is 1.55. The van der Waals surface area contributed by atoms with Gasteiger partial charge in [-0.2, -0.15) is 4.98 Å². The Hall–Kier alpha value is -3.69. The van der Waals surface area contributed by atoms with Gasteiger partial charge in [0.25, 0.3) is 5.56 Å². The molecule has 10 nitrogen and oxygen atoms in total. The van der Waals surface area contributed by atoms with E-state index in [0.717, 1.165) is 12.0 Å². The summed E-state index contributed by atoms with van der Waals surface area (Å²) >= 11 is 0.